The molecule has 0 atom stereocenters. The Morgan fingerprint density at radius 1 is 1.14 bits per heavy atom. The van der Waals surface area contributed by atoms with E-state index in [1.54, 1.807) is 24.3 Å². The van der Waals surface area contributed by atoms with Crippen LogP contribution in [0.5, 0.6) is 0 Å². The Labute approximate surface area is 132 Å². The SMILES string of the molecule is N#Cc1cc(Nc2ccc(Br)cc2Cl)ccc1C(F)(F)F. The topological polar surface area (TPSA) is 35.8 Å². The molecule has 7 heteroatoms. The zero-order valence-electron chi connectivity index (χ0n) is 10.3. The van der Waals surface area contributed by atoms with Gasteiger partial charge in [-0.25, -0.2) is 0 Å². The van der Waals surface area contributed by atoms with Crippen LogP contribution in [0.1, 0.15) is 11.1 Å². The minimum atomic E-state index is -4.56. The molecular formula is C14H7BrClF3N2. The average molecular weight is 376 g/mol. The van der Waals surface area contributed by atoms with Gasteiger partial charge in [0.1, 0.15) is 0 Å². The molecule has 0 bridgehead atoms. The van der Waals surface area contributed by atoms with Gasteiger partial charge >= 0.3 is 6.18 Å². The molecule has 2 aromatic carbocycles. The Bertz CT molecular complexity index is 723. The van der Waals surface area contributed by atoms with Gasteiger partial charge in [-0.1, -0.05) is 27.5 Å². The van der Waals surface area contributed by atoms with E-state index in [9.17, 15) is 13.2 Å². The molecule has 0 heterocycles. The van der Waals surface area contributed by atoms with Crippen molar-refractivity contribution in [1.29, 1.82) is 5.26 Å². The monoisotopic (exact) mass is 374 g/mol. The molecule has 2 rings (SSSR count). The molecule has 0 saturated carbocycles. The first-order valence-corrected chi connectivity index (χ1v) is 6.82. The van der Waals surface area contributed by atoms with Gasteiger partial charge in [-0.15, -0.1) is 0 Å². The minimum absolute atomic E-state index is 0.351. The fraction of sp³-hybridized carbons (Fsp3) is 0.0714. The highest BCUT2D eigenvalue weighted by Gasteiger charge is 2.33. The van der Waals surface area contributed by atoms with Crippen LogP contribution in [0, 0.1) is 11.3 Å². The van der Waals surface area contributed by atoms with E-state index in [1.165, 1.54) is 6.07 Å². The van der Waals surface area contributed by atoms with Gasteiger partial charge in [0.15, 0.2) is 0 Å². The van der Waals surface area contributed by atoms with E-state index in [-0.39, 0.29) is 0 Å². The molecule has 0 fully saturated rings. The van der Waals surface area contributed by atoms with Crippen molar-refractivity contribution in [2.75, 3.05) is 5.32 Å². The second-order valence-electron chi connectivity index (χ2n) is 4.12. The number of nitrogens with zero attached hydrogens (tertiary/aromatic N) is 1. The molecule has 0 aliphatic heterocycles. The van der Waals surface area contributed by atoms with Gasteiger partial charge in [0.25, 0.3) is 0 Å². The molecule has 0 aliphatic carbocycles. The second kappa shape index (κ2) is 5.96. The lowest BCUT2D eigenvalue weighted by Crippen LogP contribution is -2.08. The number of benzene rings is 2. The van der Waals surface area contributed by atoms with Crippen LogP contribution in [0.25, 0.3) is 0 Å². The van der Waals surface area contributed by atoms with E-state index in [0.29, 0.717) is 16.4 Å². The highest BCUT2D eigenvalue weighted by Crippen LogP contribution is 2.34. The van der Waals surface area contributed by atoms with Gasteiger partial charge < -0.3 is 5.32 Å². The summed E-state index contributed by atoms with van der Waals surface area (Å²) < 4.78 is 38.9. The summed E-state index contributed by atoms with van der Waals surface area (Å²) in [5, 5.41) is 12.1. The van der Waals surface area contributed by atoms with Crippen molar-refractivity contribution >= 4 is 38.9 Å². The average Bonchev–Trinajstić information content (AvgIpc) is 2.40. The van der Waals surface area contributed by atoms with Crippen LogP contribution in [0.15, 0.2) is 40.9 Å². The zero-order chi connectivity index (χ0) is 15.6. The lowest BCUT2D eigenvalue weighted by atomic mass is 10.1. The number of hydrogen-bond donors (Lipinski definition) is 1. The van der Waals surface area contributed by atoms with Crippen LogP contribution in [0.3, 0.4) is 0 Å². The fourth-order valence-electron chi connectivity index (χ4n) is 1.71. The third kappa shape index (κ3) is 3.69. The smallest absolute Gasteiger partial charge is 0.354 e. The van der Waals surface area contributed by atoms with Crippen LogP contribution in [-0.2, 0) is 6.18 Å². The molecule has 0 saturated heterocycles. The van der Waals surface area contributed by atoms with Gasteiger partial charge in [0, 0.05) is 10.2 Å². The first-order chi connectivity index (χ1) is 9.81. The van der Waals surface area contributed by atoms with Gasteiger partial charge in [0.2, 0.25) is 0 Å². The largest absolute Gasteiger partial charge is 0.417 e. The van der Waals surface area contributed by atoms with Gasteiger partial charge in [-0.2, -0.15) is 18.4 Å². The predicted octanol–water partition coefficient (Wildman–Crippen LogP) is 5.74. The lowest BCUT2D eigenvalue weighted by molar-refractivity contribution is -0.137. The van der Waals surface area contributed by atoms with Crippen molar-refractivity contribution in [2.24, 2.45) is 0 Å². The third-order valence-corrected chi connectivity index (χ3v) is 3.46. The van der Waals surface area contributed by atoms with E-state index in [0.717, 1.165) is 16.6 Å². The highest BCUT2D eigenvalue weighted by molar-refractivity contribution is 9.10. The first-order valence-electron chi connectivity index (χ1n) is 5.64. The Morgan fingerprint density at radius 3 is 2.43 bits per heavy atom. The van der Waals surface area contributed by atoms with E-state index >= 15 is 0 Å². The van der Waals surface area contributed by atoms with Crippen LogP contribution in [0.2, 0.25) is 5.02 Å². The summed E-state index contributed by atoms with van der Waals surface area (Å²) in [5.74, 6) is 0. The summed E-state index contributed by atoms with van der Waals surface area (Å²) in [6, 6.07) is 9.88. The summed E-state index contributed by atoms with van der Waals surface area (Å²) in [4.78, 5) is 0. The Balaban J connectivity index is 2.36. The first kappa shape index (κ1) is 15.7. The second-order valence-corrected chi connectivity index (χ2v) is 5.44. The van der Waals surface area contributed by atoms with Gasteiger partial charge in [-0.3, -0.25) is 0 Å². The van der Waals surface area contributed by atoms with E-state index in [4.69, 9.17) is 16.9 Å². The molecule has 0 amide bonds. The highest BCUT2D eigenvalue weighted by atomic mass is 79.9. The number of rotatable bonds is 2. The van der Waals surface area contributed by atoms with Crippen LogP contribution in [0.4, 0.5) is 24.5 Å². The normalized spacial score (nSPS) is 11.0. The Hall–Kier alpha value is -1.71. The molecule has 0 aromatic heterocycles. The molecule has 21 heavy (non-hydrogen) atoms. The third-order valence-electron chi connectivity index (χ3n) is 2.66. The summed E-state index contributed by atoms with van der Waals surface area (Å²) in [5.41, 5.74) is -0.523. The minimum Gasteiger partial charge on any atom is -0.354 e. The summed E-state index contributed by atoms with van der Waals surface area (Å²) >= 11 is 9.28. The maximum absolute atomic E-state index is 12.7. The number of nitrogens with one attached hydrogen (secondary N) is 1. The fourth-order valence-corrected chi connectivity index (χ4v) is 2.43. The maximum atomic E-state index is 12.7. The number of halogens is 5. The Kier molecular flexibility index (Phi) is 4.45. The number of anilines is 2. The van der Waals surface area contributed by atoms with Crippen LogP contribution >= 0.6 is 27.5 Å². The molecule has 1 N–H and O–H groups in total. The molecule has 0 spiro atoms. The number of hydrogen-bond acceptors (Lipinski definition) is 2. The Morgan fingerprint density at radius 2 is 1.86 bits per heavy atom. The maximum Gasteiger partial charge on any atom is 0.417 e. The molecule has 0 radical (unpaired) electrons. The van der Waals surface area contributed by atoms with Gasteiger partial charge in [-0.05, 0) is 36.4 Å². The van der Waals surface area contributed by atoms with E-state index < -0.39 is 17.3 Å². The summed E-state index contributed by atoms with van der Waals surface area (Å²) in [6.45, 7) is 0. The summed E-state index contributed by atoms with van der Waals surface area (Å²) in [6.07, 6.45) is -4.56. The van der Waals surface area contributed by atoms with Gasteiger partial charge in [0.05, 0.1) is 27.9 Å². The van der Waals surface area contributed by atoms with Crippen molar-refractivity contribution in [2.45, 2.75) is 6.18 Å². The molecule has 2 nitrogen and oxygen atoms in total. The van der Waals surface area contributed by atoms with E-state index in [1.807, 2.05) is 0 Å². The predicted molar refractivity (Wildman–Crippen MR) is 78.6 cm³/mol. The van der Waals surface area contributed by atoms with Crippen LogP contribution in [-0.4, -0.2) is 0 Å². The molecular weight excluding hydrogens is 369 g/mol. The lowest BCUT2D eigenvalue weighted by Gasteiger charge is -2.12. The molecule has 0 aliphatic rings. The van der Waals surface area contributed by atoms with E-state index in [2.05, 4.69) is 21.2 Å². The zero-order valence-corrected chi connectivity index (χ0v) is 12.6. The number of nitriles is 1. The quantitative estimate of drug-likeness (QED) is 0.727. The molecule has 0 unspecified atom stereocenters. The molecule has 108 valence electrons. The molecule has 2 aromatic rings. The van der Waals surface area contributed by atoms with Crippen molar-refractivity contribution in [3.63, 3.8) is 0 Å². The van der Waals surface area contributed by atoms with Crippen LogP contribution < -0.4 is 5.32 Å². The standard InChI is InChI=1S/C14H7BrClF3N2/c15-9-1-4-13(12(16)6-9)21-10-2-3-11(14(17,18)19)8(5-10)7-20/h1-6,21H. The summed E-state index contributed by atoms with van der Waals surface area (Å²) in [7, 11) is 0. The number of alkyl halides is 3. The van der Waals surface area contributed by atoms with Crippen molar-refractivity contribution in [3.8, 4) is 6.07 Å². The van der Waals surface area contributed by atoms with Crippen molar-refractivity contribution in [3.05, 3.63) is 57.0 Å². The van der Waals surface area contributed by atoms with Crippen molar-refractivity contribution < 1.29 is 13.2 Å². The van der Waals surface area contributed by atoms with Crippen molar-refractivity contribution in [1.82, 2.24) is 0 Å².